The van der Waals surface area contributed by atoms with Gasteiger partial charge in [-0.3, -0.25) is 0 Å². The van der Waals surface area contributed by atoms with Crippen LogP contribution in [0.1, 0.15) is 9.75 Å². The summed E-state index contributed by atoms with van der Waals surface area (Å²) in [6.45, 7) is 0.890. The van der Waals surface area contributed by atoms with Crippen LogP contribution in [0.4, 0.5) is 0 Å². The van der Waals surface area contributed by atoms with E-state index in [1.807, 2.05) is 6.07 Å². The second-order valence-electron chi connectivity index (χ2n) is 2.83. The van der Waals surface area contributed by atoms with E-state index < -0.39 is 0 Å². The fraction of sp³-hybridized carbons (Fsp3) is 0.500. The number of thiophene rings is 1. The Morgan fingerprint density at radius 2 is 2.31 bits per heavy atom. The summed E-state index contributed by atoms with van der Waals surface area (Å²) in [5.41, 5.74) is 0. The molecule has 1 N–H and O–H groups in total. The number of hydrogen-bond acceptors (Lipinski definition) is 6. The Balaban J connectivity index is 2.41. The van der Waals surface area contributed by atoms with Crippen LogP contribution in [-0.4, -0.2) is 32.2 Å². The Labute approximate surface area is 97.8 Å². The van der Waals surface area contributed by atoms with Crippen LogP contribution in [0.15, 0.2) is 6.07 Å². The van der Waals surface area contributed by atoms with E-state index in [1.54, 1.807) is 13.2 Å². The predicted molar refractivity (Wildman–Crippen MR) is 58.3 cm³/mol. The SMILES string of the molecule is COCCOCOc1cc(C#N)sc1CO. The number of ether oxygens (including phenoxy) is 3. The smallest absolute Gasteiger partial charge is 0.189 e. The van der Waals surface area contributed by atoms with Crippen LogP contribution < -0.4 is 4.74 Å². The van der Waals surface area contributed by atoms with Crippen LogP contribution >= 0.6 is 11.3 Å². The van der Waals surface area contributed by atoms with Gasteiger partial charge in [0.15, 0.2) is 6.79 Å². The monoisotopic (exact) mass is 243 g/mol. The molecule has 0 amide bonds. The normalized spacial score (nSPS) is 10.1. The van der Waals surface area contributed by atoms with E-state index in [1.165, 1.54) is 11.3 Å². The molecule has 88 valence electrons. The topological polar surface area (TPSA) is 71.7 Å². The van der Waals surface area contributed by atoms with E-state index in [0.29, 0.717) is 28.7 Å². The summed E-state index contributed by atoms with van der Waals surface area (Å²) in [5, 5.41) is 17.7. The number of methoxy groups -OCH3 is 1. The Bertz CT molecular complexity index is 358. The predicted octanol–water partition coefficient (Wildman–Crippen LogP) is 1.11. The van der Waals surface area contributed by atoms with Gasteiger partial charge in [-0.05, 0) is 0 Å². The lowest BCUT2D eigenvalue weighted by molar-refractivity contribution is -0.00899. The fourth-order valence-corrected chi connectivity index (χ4v) is 1.77. The summed E-state index contributed by atoms with van der Waals surface area (Å²) in [5.74, 6) is 0.501. The molecule has 0 atom stereocenters. The second-order valence-corrected chi connectivity index (χ2v) is 3.97. The number of aliphatic hydroxyl groups excluding tert-OH is 1. The van der Waals surface area contributed by atoms with E-state index in [2.05, 4.69) is 0 Å². The zero-order chi connectivity index (χ0) is 11.8. The first kappa shape index (κ1) is 12.9. The standard InChI is InChI=1S/C10H13NO4S/c1-13-2-3-14-7-15-9-4-8(5-11)16-10(9)6-12/h4,12H,2-3,6-7H2,1H3. The molecule has 0 saturated heterocycles. The molecule has 0 bridgehead atoms. The van der Waals surface area contributed by atoms with Crippen molar-refractivity contribution in [3.8, 4) is 11.8 Å². The number of hydrogen-bond donors (Lipinski definition) is 1. The molecule has 1 rings (SSSR count). The van der Waals surface area contributed by atoms with Crippen molar-refractivity contribution in [2.24, 2.45) is 0 Å². The third-order valence-electron chi connectivity index (χ3n) is 1.75. The van der Waals surface area contributed by atoms with E-state index in [9.17, 15) is 0 Å². The first-order chi connectivity index (χ1) is 7.81. The number of nitriles is 1. The Morgan fingerprint density at radius 1 is 1.50 bits per heavy atom. The highest BCUT2D eigenvalue weighted by atomic mass is 32.1. The zero-order valence-electron chi connectivity index (χ0n) is 8.93. The average molecular weight is 243 g/mol. The Hall–Kier alpha value is -1.13. The lowest BCUT2D eigenvalue weighted by Crippen LogP contribution is -2.08. The molecule has 1 aromatic rings. The molecular weight excluding hydrogens is 230 g/mol. The summed E-state index contributed by atoms with van der Waals surface area (Å²) in [7, 11) is 1.59. The van der Waals surface area contributed by atoms with Gasteiger partial charge in [0, 0.05) is 13.2 Å². The minimum atomic E-state index is -0.139. The van der Waals surface area contributed by atoms with Crippen molar-refractivity contribution in [2.75, 3.05) is 27.1 Å². The first-order valence-corrected chi connectivity index (χ1v) is 5.46. The van der Waals surface area contributed by atoms with Gasteiger partial charge in [0.25, 0.3) is 0 Å². The molecule has 6 heteroatoms. The van der Waals surface area contributed by atoms with Crippen molar-refractivity contribution < 1.29 is 19.3 Å². The fourth-order valence-electron chi connectivity index (χ4n) is 1.01. The lowest BCUT2D eigenvalue weighted by atomic mass is 10.4. The van der Waals surface area contributed by atoms with Crippen LogP contribution in [0, 0.1) is 11.3 Å². The highest BCUT2D eigenvalue weighted by molar-refractivity contribution is 7.12. The van der Waals surface area contributed by atoms with Gasteiger partial charge in [-0.15, -0.1) is 11.3 Å². The molecule has 0 aliphatic carbocycles. The van der Waals surface area contributed by atoms with Gasteiger partial charge >= 0.3 is 0 Å². The van der Waals surface area contributed by atoms with E-state index in [-0.39, 0.29) is 13.4 Å². The molecule has 0 radical (unpaired) electrons. The summed E-state index contributed by atoms with van der Waals surface area (Å²) in [4.78, 5) is 1.14. The van der Waals surface area contributed by atoms with Crippen molar-refractivity contribution in [2.45, 2.75) is 6.61 Å². The largest absolute Gasteiger partial charge is 0.466 e. The highest BCUT2D eigenvalue weighted by Gasteiger charge is 2.09. The van der Waals surface area contributed by atoms with Crippen molar-refractivity contribution in [1.82, 2.24) is 0 Å². The van der Waals surface area contributed by atoms with Gasteiger partial charge < -0.3 is 19.3 Å². The quantitative estimate of drug-likeness (QED) is 0.573. The van der Waals surface area contributed by atoms with Crippen LogP contribution in [0.5, 0.6) is 5.75 Å². The van der Waals surface area contributed by atoms with Crippen molar-refractivity contribution in [1.29, 1.82) is 5.26 Å². The summed E-state index contributed by atoms with van der Waals surface area (Å²) in [6, 6.07) is 3.59. The van der Waals surface area contributed by atoms with Crippen molar-refractivity contribution >= 4 is 11.3 Å². The molecule has 0 aliphatic rings. The number of nitrogens with zero attached hydrogens (tertiary/aromatic N) is 1. The molecule has 5 nitrogen and oxygen atoms in total. The van der Waals surface area contributed by atoms with Gasteiger partial charge in [0.1, 0.15) is 16.7 Å². The third-order valence-corrected chi connectivity index (χ3v) is 2.76. The molecule has 0 aliphatic heterocycles. The maximum atomic E-state index is 9.03. The highest BCUT2D eigenvalue weighted by Crippen LogP contribution is 2.28. The number of aliphatic hydroxyl groups is 1. The summed E-state index contributed by atoms with van der Waals surface area (Å²) in [6.07, 6.45) is 0. The Kier molecular flexibility index (Phi) is 5.82. The first-order valence-electron chi connectivity index (χ1n) is 4.65. The van der Waals surface area contributed by atoms with Crippen LogP contribution in [0.3, 0.4) is 0 Å². The molecule has 0 unspecified atom stereocenters. The van der Waals surface area contributed by atoms with E-state index in [0.717, 1.165) is 0 Å². The summed E-state index contributed by atoms with van der Waals surface area (Å²) < 4.78 is 15.2. The maximum Gasteiger partial charge on any atom is 0.189 e. The minimum Gasteiger partial charge on any atom is -0.466 e. The molecule has 0 spiro atoms. The number of rotatable bonds is 7. The molecule has 0 fully saturated rings. The van der Waals surface area contributed by atoms with Gasteiger partial charge in [-0.1, -0.05) is 0 Å². The van der Waals surface area contributed by atoms with Crippen LogP contribution in [-0.2, 0) is 16.1 Å². The van der Waals surface area contributed by atoms with Crippen LogP contribution in [0.25, 0.3) is 0 Å². The summed E-state index contributed by atoms with van der Waals surface area (Å²) >= 11 is 1.21. The van der Waals surface area contributed by atoms with Crippen LogP contribution in [0.2, 0.25) is 0 Å². The molecule has 0 aromatic carbocycles. The van der Waals surface area contributed by atoms with Crippen molar-refractivity contribution in [3.05, 3.63) is 15.8 Å². The molecular formula is C10H13NO4S. The second kappa shape index (κ2) is 7.19. The molecule has 1 heterocycles. The molecule has 1 aromatic heterocycles. The Morgan fingerprint density at radius 3 is 2.94 bits per heavy atom. The lowest BCUT2D eigenvalue weighted by Gasteiger charge is -2.06. The van der Waals surface area contributed by atoms with Gasteiger partial charge in [0.05, 0.1) is 24.7 Å². The van der Waals surface area contributed by atoms with Crippen molar-refractivity contribution in [3.63, 3.8) is 0 Å². The van der Waals surface area contributed by atoms with Gasteiger partial charge in [-0.25, -0.2) is 0 Å². The molecule has 16 heavy (non-hydrogen) atoms. The maximum absolute atomic E-state index is 9.03. The van der Waals surface area contributed by atoms with E-state index >= 15 is 0 Å². The molecule has 0 saturated carbocycles. The van der Waals surface area contributed by atoms with Gasteiger partial charge in [0.2, 0.25) is 0 Å². The third kappa shape index (κ3) is 3.79. The zero-order valence-corrected chi connectivity index (χ0v) is 9.75. The average Bonchev–Trinajstić information content (AvgIpc) is 2.71. The minimum absolute atomic E-state index is 0.0813. The van der Waals surface area contributed by atoms with E-state index in [4.69, 9.17) is 24.6 Å². The van der Waals surface area contributed by atoms with Gasteiger partial charge in [-0.2, -0.15) is 5.26 Å².